The number of unbranched alkanes of at least 4 members (excludes halogenated alkanes) is 7. The van der Waals surface area contributed by atoms with Crippen LogP contribution in [0.1, 0.15) is 57.8 Å². The second-order valence-corrected chi connectivity index (χ2v) is 5.13. The average molecular weight is 347 g/mol. The van der Waals surface area contributed by atoms with Crippen molar-refractivity contribution in [1.29, 1.82) is 0 Å². The number of rotatable bonds is 11. The van der Waals surface area contributed by atoms with Gasteiger partial charge in [-0.1, -0.05) is 38.5 Å². The van der Waals surface area contributed by atoms with E-state index in [-0.39, 0.29) is 37.7 Å². The predicted molar refractivity (Wildman–Crippen MR) is 75.0 cm³/mol. The summed E-state index contributed by atoms with van der Waals surface area (Å²) in [6.07, 6.45) is 11.0. The minimum Gasteiger partial charge on any atom is -0.481 e. The number of nitrogens with zero attached hydrogens (tertiary/aromatic N) is 1. The molecule has 0 fully saturated rings. The van der Waals surface area contributed by atoms with Crippen LogP contribution in [0.25, 0.3) is 0 Å². The maximum Gasteiger partial charge on any atom is 0.303 e. The fourth-order valence-corrected chi connectivity index (χ4v) is 2.26. The zero-order chi connectivity index (χ0) is 14.8. The first kappa shape index (κ1) is 20.0. The topological polar surface area (TPSA) is 74.7 Å². The third-order valence-electron chi connectivity index (χ3n) is 3.42. The van der Waals surface area contributed by atoms with Gasteiger partial charge in [0.1, 0.15) is 0 Å². The predicted octanol–water partition coefficient (Wildman–Crippen LogP) is 2.50. The van der Waals surface area contributed by atoms with Gasteiger partial charge in [0.25, 0.3) is 11.8 Å². The zero-order valence-corrected chi connectivity index (χ0v) is 15.5. The fourth-order valence-electron chi connectivity index (χ4n) is 2.26. The molecule has 6 heteroatoms. The van der Waals surface area contributed by atoms with Crippen molar-refractivity contribution in [3.63, 3.8) is 0 Å². The number of carboxylic acid groups (broad SMARTS) is 1. The number of carbonyl (C=O) groups is 3. The second-order valence-electron chi connectivity index (χ2n) is 5.13. The van der Waals surface area contributed by atoms with Crippen molar-refractivity contribution in [3.8, 4) is 0 Å². The van der Waals surface area contributed by atoms with Crippen molar-refractivity contribution in [2.45, 2.75) is 57.8 Å². The van der Waals surface area contributed by atoms with Crippen molar-refractivity contribution in [2.75, 3.05) is 6.54 Å². The molecule has 0 aromatic heterocycles. The Bertz CT molecular complexity index is 364. The third-order valence-corrected chi connectivity index (χ3v) is 3.42. The van der Waals surface area contributed by atoms with E-state index in [1.54, 1.807) is 0 Å². The number of carboxylic acids is 1. The molecule has 0 spiro atoms. The first-order chi connectivity index (χ1) is 9.61. The number of amides is 2. The van der Waals surface area contributed by atoms with Crippen LogP contribution in [-0.4, -0.2) is 34.3 Å². The Morgan fingerprint density at radius 1 is 0.857 bits per heavy atom. The molecule has 0 aromatic rings. The quantitative estimate of drug-likeness (QED) is 0.354. The van der Waals surface area contributed by atoms with Gasteiger partial charge in [0, 0.05) is 44.6 Å². The molecule has 1 aliphatic heterocycles. The summed E-state index contributed by atoms with van der Waals surface area (Å²) in [5.74, 6) is -1.12. The second kappa shape index (κ2) is 11.6. The van der Waals surface area contributed by atoms with Crippen molar-refractivity contribution in [3.05, 3.63) is 12.2 Å². The summed E-state index contributed by atoms with van der Waals surface area (Å²) in [6, 6.07) is 0. The largest absolute Gasteiger partial charge is 0.481 e. The van der Waals surface area contributed by atoms with Crippen molar-refractivity contribution < 1.29 is 39.0 Å². The first-order valence-corrected chi connectivity index (χ1v) is 7.36. The van der Waals surface area contributed by atoms with E-state index >= 15 is 0 Å². The van der Waals surface area contributed by atoms with Crippen molar-refractivity contribution in [2.24, 2.45) is 0 Å². The number of hydrogen-bond donors (Lipinski definition) is 1. The molecule has 0 atom stereocenters. The first-order valence-electron chi connectivity index (χ1n) is 7.36. The summed E-state index contributed by atoms with van der Waals surface area (Å²) in [4.78, 5) is 34.1. The van der Waals surface area contributed by atoms with Crippen LogP contribution in [-0.2, 0) is 33.9 Å². The molecule has 2 amide bonds. The van der Waals surface area contributed by atoms with E-state index in [4.69, 9.17) is 5.11 Å². The number of aliphatic carboxylic acids is 1. The molecule has 1 heterocycles. The monoisotopic (exact) mass is 345 g/mol. The molecule has 0 radical (unpaired) electrons. The molecule has 1 rings (SSSR count). The van der Waals surface area contributed by atoms with Crippen molar-refractivity contribution in [1.82, 2.24) is 4.90 Å². The average Bonchev–Trinajstić information content (AvgIpc) is 2.71. The molecular weight excluding hydrogens is 324 g/mol. The van der Waals surface area contributed by atoms with E-state index in [0.717, 1.165) is 51.4 Å². The summed E-state index contributed by atoms with van der Waals surface area (Å²) in [5.41, 5.74) is 0. The smallest absolute Gasteiger partial charge is 0.303 e. The van der Waals surface area contributed by atoms with E-state index in [1.807, 2.05) is 0 Å². The molecule has 1 N–H and O–H groups in total. The fraction of sp³-hybridized carbons (Fsp3) is 0.667. The summed E-state index contributed by atoms with van der Waals surface area (Å²) >= 11 is 0. The summed E-state index contributed by atoms with van der Waals surface area (Å²) in [7, 11) is 0. The van der Waals surface area contributed by atoms with Crippen LogP contribution in [0.3, 0.4) is 0 Å². The van der Waals surface area contributed by atoms with Gasteiger partial charge in [-0.15, -0.1) is 0 Å². The van der Waals surface area contributed by atoms with Crippen LogP contribution in [0.2, 0.25) is 0 Å². The SMILES string of the molecule is O=C(O)CCCCCCCCCCN1C(=O)C=CC1=O.[Zn]. The maximum atomic E-state index is 11.3. The number of carbonyl (C=O) groups excluding carboxylic acids is 2. The Balaban J connectivity index is 0.00000400. The van der Waals surface area contributed by atoms with Crippen molar-refractivity contribution >= 4 is 17.8 Å². The number of hydrogen-bond acceptors (Lipinski definition) is 3. The minimum atomic E-state index is -0.717. The Kier molecular flexibility index (Phi) is 11.0. The molecule has 0 unspecified atom stereocenters. The van der Waals surface area contributed by atoms with Gasteiger partial charge in [-0.25, -0.2) is 0 Å². The van der Waals surface area contributed by atoms with Crippen LogP contribution < -0.4 is 0 Å². The number of imide groups is 1. The third kappa shape index (κ3) is 8.76. The molecular formula is C15H23NO4Zn. The van der Waals surface area contributed by atoms with Crippen LogP contribution in [0.4, 0.5) is 0 Å². The van der Waals surface area contributed by atoms with Gasteiger partial charge in [-0.05, 0) is 12.8 Å². The van der Waals surface area contributed by atoms with E-state index < -0.39 is 5.97 Å². The van der Waals surface area contributed by atoms with Gasteiger partial charge in [-0.2, -0.15) is 0 Å². The van der Waals surface area contributed by atoms with E-state index in [1.165, 1.54) is 17.1 Å². The zero-order valence-electron chi connectivity index (χ0n) is 12.6. The Morgan fingerprint density at radius 3 is 1.76 bits per heavy atom. The van der Waals surface area contributed by atoms with E-state index in [2.05, 4.69) is 0 Å². The molecule has 114 valence electrons. The summed E-state index contributed by atoms with van der Waals surface area (Å²) in [5, 5.41) is 8.48. The molecule has 5 nitrogen and oxygen atoms in total. The normalized spacial score (nSPS) is 13.6. The Labute approximate surface area is 138 Å². The van der Waals surface area contributed by atoms with Crippen LogP contribution in [0.5, 0.6) is 0 Å². The van der Waals surface area contributed by atoms with E-state index in [9.17, 15) is 14.4 Å². The molecule has 0 saturated carbocycles. The van der Waals surface area contributed by atoms with Crippen LogP contribution >= 0.6 is 0 Å². The van der Waals surface area contributed by atoms with E-state index in [0.29, 0.717) is 6.54 Å². The minimum absolute atomic E-state index is 0. The standard InChI is InChI=1S/C15H23NO4.Zn/c17-13-10-11-14(18)16(13)12-8-6-4-2-1-3-5-7-9-15(19)20;/h10-11H,1-9,12H2,(H,19,20);. The molecule has 0 aromatic carbocycles. The summed E-state index contributed by atoms with van der Waals surface area (Å²) in [6.45, 7) is 0.517. The molecule has 21 heavy (non-hydrogen) atoms. The molecule has 0 saturated heterocycles. The Hall–Kier alpha value is -1.03. The van der Waals surface area contributed by atoms with Gasteiger partial charge in [-0.3, -0.25) is 19.3 Å². The molecule has 0 bridgehead atoms. The molecule has 0 aliphatic carbocycles. The summed E-state index contributed by atoms with van der Waals surface area (Å²) < 4.78 is 0. The van der Waals surface area contributed by atoms with Gasteiger partial charge in [0.2, 0.25) is 0 Å². The Morgan fingerprint density at radius 2 is 1.29 bits per heavy atom. The molecule has 1 aliphatic rings. The van der Waals surface area contributed by atoms with Gasteiger partial charge in [0.05, 0.1) is 0 Å². The van der Waals surface area contributed by atoms with Crippen LogP contribution in [0, 0.1) is 0 Å². The maximum absolute atomic E-state index is 11.3. The van der Waals surface area contributed by atoms with Gasteiger partial charge < -0.3 is 5.11 Å². The van der Waals surface area contributed by atoms with Gasteiger partial charge >= 0.3 is 5.97 Å². The van der Waals surface area contributed by atoms with Gasteiger partial charge in [0.15, 0.2) is 0 Å². The van der Waals surface area contributed by atoms with Crippen LogP contribution in [0.15, 0.2) is 12.2 Å².